The number of hydrogen-bond donors (Lipinski definition) is 2. The second-order valence-electron chi connectivity index (χ2n) is 6.26. The molecule has 0 atom stereocenters. The minimum Gasteiger partial charge on any atom is -0.492 e. The predicted octanol–water partition coefficient (Wildman–Crippen LogP) is 2.84. The van der Waals surface area contributed by atoms with Gasteiger partial charge in [0.1, 0.15) is 10.6 Å². The van der Waals surface area contributed by atoms with Crippen molar-refractivity contribution in [1.82, 2.24) is 10.0 Å². The van der Waals surface area contributed by atoms with Gasteiger partial charge in [0.2, 0.25) is 10.0 Å². The van der Waals surface area contributed by atoms with Gasteiger partial charge in [0.15, 0.2) is 0 Å². The third-order valence-electron chi connectivity index (χ3n) is 4.32. The molecule has 7 heteroatoms. The summed E-state index contributed by atoms with van der Waals surface area (Å²) in [5.74, 6) is 0.0253. The van der Waals surface area contributed by atoms with Crippen LogP contribution in [0.3, 0.4) is 0 Å². The van der Waals surface area contributed by atoms with E-state index in [1.54, 1.807) is 26.0 Å². The van der Waals surface area contributed by atoms with Crippen molar-refractivity contribution < 1.29 is 17.9 Å². The molecule has 25 heavy (non-hydrogen) atoms. The molecular weight excluding hydrogens is 340 g/mol. The highest BCUT2D eigenvalue weighted by Gasteiger charge is 2.22. The summed E-state index contributed by atoms with van der Waals surface area (Å²) in [7, 11) is -3.71. The molecular formula is C18H28N2O4S. The van der Waals surface area contributed by atoms with E-state index in [2.05, 4.69) is 10.0 Å². The van der Waals surface area contributed by atoms with Gasteiger partial charge in [-0.25, -0.2) is 13.1 Å². The highest BCUT2D eigenvalue weighted by Crippen LogP contribution is 2.26. The van der Waals surface area contributed by atoms with Crippen molar-refractivity contribution in [2.24, 2.45) is 0 Å². The summed E-state index contributed by atoms with van der Waals surface area (Å²) >= 11 is 0. The summed E-state index contributed by atoms with van der Waals surface area (Å²) in [6.07, 6.45) is 6.61. The van der Waals surface area contributed by atoms with Crippen LogP contribution < -0.4 is 14.8 Å². The van der Waals surface area contributed by atoms with Gasteiger partial charge in [-0.15, -0.1) is 0 Å². The van der Waals surface area contributed by atoms with Crippen molar-refractivity contribution in [2.75, 3.05) is 13.2 Å². The number of benzene rings is 1. The van der Waals surface area contributed by atoms with Crippen LogP contribution in [-0.4, -0.2) is 33.5 Å². The van der Waals surface area contributed by atoms with Crippen molar-refractivity contribution in [3.8, 4) is 5.75 Å². The number of rotatable bonds is 7. The van der Waals surface area contributed by atoms with Gasteiger partial charge < -0.3 is 10.1 Å². The topological polar surface area (TPSA) is 84.5 Å². The van der Waals surface area contributed by atoms with E-state index in [0.29, 0.717) is 12.2 Å². The van der Waals surface area contributed by atoms with Crippen LogP contribution in [0.15, 0.2) is 23.1 Å². The van der Waals surface area contributed by atoms with Gasteiger partial charge in [0, 0.05) is 18.2 Å². The first-order valence-electron chi connectivity index (χ1n) is 9.05. The average Bonchev–Trinajstić information content (AvgIpc) is 2.84. The number of nitrogens with one attached hydrogen (secondary N) is 2. The van der Waals surface area contributed by atoms with Gasteiger partial charge in [-0.2, -0.15) is 0 Å². The van der Waals surface area contributed by atoms with Crippen LogP contribution in [0.4, 0.5) is 0 Å². The monoisotopic (exact) mass is 368 g/mol. The zero-order valence-corrected chi connectivity index (χ0v) is 15.8. The van der Waals surface area contributed by atoms with E-state index in [1.165, 1.54) is 18.9 Å². The highest BCUT2D eigenvalue weighted by atomic mass is 32.2. The zero-order chi connectivity index (χ0) is 18.3. The molecule has 0 heterocycles. The standard InChI is InChI=1S/C18H28N2O4S/c1-3-19-25(22,23)17-13-14(11-12-16(17)24-4-2)18(21)20-15-9-7-5-6-8-10-15/h11-13,15,19H,3-10H2,1-2H3,(H,20,21). The van der Waals surface area contributed by atoms with Crippen molar-refractivity contribution in [3.05, 3.63) is 23.8 Å². The maximum absolute atomic E-state index is 12.6. The van der Waals surface area contributed by atoms with Crippen LogP contribution in [0, 0.1) is 0 Å². The van der Waals surface area contributed by atoms with Gasteiger partial charge in [-0.3, -0.25) is 4.79 Å². The molecule has 0 saturated heterocycles. The number of carbonyl (C=O) groups is 1. The Bertz CT molecular complexity index is 680. The lowest BCUT2D eigenvalue weighted by molar-refractivity contribution is 0.0933. The molecule has 0 radical (unpaired) electrons. The van der Waals surface area contributed by atoms with Crippen molar-refractivity contribution in [2.45, 2.75) is 63.3 Å². The molecule has 0 spiro atoms. The normalized spacial score (nSPS) is 16.2. The van der Waals surface area contributed by atoms with Crippen molar-refractivity contribution in [3.63, 3.8) is 0 Å². The van der Waals surface area contributed by atoms with E-state index in [0.717, 1.165) is 25.7 Å². The Hall–Kier alpha value is -1.60. The first kappa shape index (κ1) is 19.7. The van der Waals surface area contributed by atoms with E-state index in [-0.39, 0.29) is 29.1 Å². The van der Waals surface area contributed by atoms with Gasteiger partial charge in [-0.1, -0.05) is 32.6 Å². The smallest absolute Gasteiger partial charge is 0.251 e. The minimum atomic E-state index is -3.71. The van der Waals surface area contributed by atoms with Crippen LogP contribution >= 0.6 is 0 Å². The predicted molar refractivity (Wildman–Crippen MR) is 97.4 cm³/mol. The zero-order valence-electron chi connectivity index (χ0n) is 15.0. The minimum absolute atomic E-state index is 0.00437. The summed E-state index contributed by atoms with van der Waals surface area (Å²) in [5.41, 5.74) is 0.337. The Morgan fingerprint density at radius 1 is 1.16 bits per heavy atom. The van der Waals surface area contributed by atoms with E-state index in [9.17, 15) is 13.2 Å². The molecule has 1 aliphatic carbocycles. The Morgan fingerprint density at radius 3 is 2.44 bits per heavy atom. The molecule has 6 nitrogen and oxygen atoms in total. The largest absolute Gasteiger partial charge is 0.492 e. The summed E-state index contributed by atoms with van der Waals surface area (Å²) in [6.45, 7) is 4.12. The first-order valence-corrected chi connectivity index (χ1v) is 10.5. The Labute approximate surface area is 150 Å². The molecule has 0 aromatic heterocycles. The van der Waals surface area contributed by atoms with E-state index in [1.807, 2.05) is 0 Å². The Morgan fingerprint density at radius 2 is 1.84 bits per heavy atom. The second kappa shape index (κ2) is 9.20. The van der Waals surface area contributed by atoms with Gasteiger partial charge in [-0.05, 0) is 38.0 Å². The number of amides is 1. The molecule has 1 aliphatic rings. The fraction of sp³-hybridized carbons (Fsp3) is 0.611. The van der Waals surface area contributed by atoms with Gasteiger partial charge >= 0.3 is 0 Å². The van der Waals surface area contributed by atoms with Gasteiger partial charge in [0.05, 0.1) is 6.61 Å². The van der Waals surface area contributed by atoms with E-state index in [4.69, 9.17) is 4.74 Å². The first-order chi connectivity index (χ1) is 12.0. The maximum atomic E-state index is 12.6. The molecule has 1 saturated carbocycles. The molecule has 0 bridgehead atoms. The van der Waals surface area contributed by atoms with Crippen LogP contribution in [0.25, 0.3) is 0 Å². The second-order valence-corrected chi connectivity index (χ2v) is 7.99. The summed E-state index contributed by atoms with van der Waals surface area (Å²) < 4.78 is 32.7. The fourth-order valence-corrected chi connectivity index (χ4v) is 4.30. The highest BCUT2D eigenvalue weighted by molar-refractivity contribution is 7.89. The van der Waals surface area contributed by atoms with Crippen LogP contribution in [-0.2, 0) is 10.0 Å². The molecule has 1 aromatic rings. The number of carbonyl (C=O) groups excluding carboxylic acids is 1. The third kappa shape index (κ3) is 5.44. The molecule has 1 fully saturated rings. The van der Waals surface area contributed by atoms with Gasteiger partial charge in [0.25, 0.3) is 5.91 Å². The van der Waals surface area contributed by atoms with Crippen molar-refractivity contribution in [1.29, 1.82) is 0 Å². The molecule has 2 N–H and O–H groups in total. The fourth-order valence-electron chi connectivity index (χ4n) is 3.09. The quantitative estimate of drug-likeness (QED) is 0.725. The number of sulfonamides is 1. The lowest BCUT2D eigenvalue weighted by Crippen LogP contribution is -2.34. The maximum Gasteiger partial charge on any atom is 0.251 e. The molecule has 0 aliphatic heterocycles. The van der Waals surface area contributed by atoms with E-state index < -0.39 is 10.0 Å². The Balaban J connectivity index is 2.24. The van der Waals surface area contributed by atoms with E-state index >= 15 is 0 Å². The van der Waals surface area contributed by atoms with Crippen molar-refractivity contribution >= 4 is 15.9 Å². The summed E-state index contributed by atoms with van der Waals surface area (Å²) in [5, 5.41) is 3.04. The Kier molecular flexibility index (Phi) is 7.25. The summed E-state index contributed by atoms with van der Waals surface area (Å²) in [6, 6.07) is 4.72. The average molecular weight is 368 g/mol. The van der Waals surface area contributed by atoms with Crippen LogP contribution in [0.1, 0.15) is 62.7 Å². The number of hydrogen-bond acceptors (Lipinski definition) is 4. The van der Waals surface area contributed by atoms with Crippen LogP contribution in [0.2, 0.25) is 0 Å². The molecule has 2 rings (SSSR count). The lowest BCUT2D eigenvalue weighted by Gasteiger charge is -2.17. The lowest BCUT2D eigenvalue weighted by atomic mass is 10.1. The van der Waals surface area contributed by atoms with Crippen LogP contribution in [0.5, 0.6) is 5.75 Å². The third-order valence-corrected chi connectivity index (χ3v) is 5.89. The SMILES string of the molecule is CCNS(=O)(=O)c1cc(C(=O)NC2CCCCCC2)ccc1OCC. The molecule has 1 amide bonds. The molecule has 0 unspecified atom stereocenters. The number of ether oxygens (including phenoxy) is 1. The molecule has 140 valence electrons. The molecule has 1 aromatic carbocycles. The summed E-state index contributed by atoms with van der Waals surface area (Å²) in [4.78, 5) is 12.6.